The van der Waals surface area contributed by atoms with E-state index in [4.69, 9.17) is 0 Å². The summed E-state index contributed by atoms with van der Waals surface area (Å²) in [4.78, 5) is 0.210. The molecular formula is C14H21NO4S. The first-order chi connectivity index (χ1) is 9.46. The molecule has 112 valence electrons. The molecular weight excluding hydrogens is 278 g/mol. The van der Waals surface area contributed by atoms with E-state index in [1.54, 1.807) is 19.1 Å². The second-order valence-corrected chi connectivity index (χ2v) is 7.08. The zero-order chi connectivity index (χ0) is 14.8. The van der Waals surface area contributed by atoms with Crippen molar-refractivity contribution in [2.75, 3.05) is 13.2 Å². The highest BCUT2D eigenvalue weighted by molar-refractivity contribution is 7.89. The molecule has 1 aromatic carbocycles. The van der Waals surface area contributed by atoms with Crippen molar-refractivity contribution in [2.24, 2.45) is 0 Å². The number of hydrogen-bond donors (Lipinski definition) is 2. The molecule has 6 heteroatoms. The number of piperidine rings is 1. The lowest BCUT2D eigenvalue weighted by Gasteiger charge is -2.33. The van der Waals surface area contributed by atoms with Gasteiger partial charge >= 0.3 is 0 Å². The second kappa shape index (κ2) is 6.22. The van der Waals surface area contributed by atoms with Gasteiger partial charge in [-0.1, -0.05) is 18.6 Å². The monoisotopic (exact) mass is 299 g/mol. The van der Waals surface area contributed by atoms with Gasteiger partial charge in [-0.05, 0) is 37.5 Å². The van der Waals surface area contributed by atoms with Gasteiger partial charge in [0.2, 0.25) is 10.0 Å². The van der Waals surface area contributed by atoms with Crippen LogP contribution in [0.15, 0.2) is 29.2 Å². The average Bonchev–Trinajstić information content (AvgIpc) is 2.47. The summed E-state index contributed by atoms with van der Waals surface area (Å²) in [6, 6.07) is 5.94. The number of nitrogens with zero attached hydrogens (tertiary/aromatic N) is 1. The van der Waals surface area contributed by atoms with Crippen molar-refractivity contribution in [2.45, 2.75) is 43.2 Å². The zero-order valence-electron chi connectivity index (χ0n) is 11.6. The topological polar surface area (TPSA) is 77.8 Å². The first-order valence-corrected chi connectivity index (χ1v) is 8.31. The van der Waals surface area contributed by atoms with Crippen LogP contribution in [0.3, 0.4) is 0 Å². The molecule has 2 unspecified atom stereocenters. The molecule has 0 saturated carbocycles. The Morgan fingerprint density at radius 3 is 2.50 bits per heavy atom. The Labute approximate surface area is 119 Å². The number of sulfonamides is 1. The predicted molar refractivity (Wildman–Crippen MR) is 75.7 cm³/mol. The van der Waals surface area contributed by atoms with Crippen molar-refractivity contribution in [1.29, 1.82) is 0 Å². The van der Waals surface area contributed by atoms with E-state index in [1.165, 1.54) is 16.4 Å². The van der Waals surface area contributed by atoms with E-state index < -0.39 is 16.1 Å². The molecule has 0 amide bonds. The quantitative estimate of drug-likeness (QED) is 0.878. The Kier molecular flexibility index (Phi) is 4.80. The molecule has 0 aromatic heterocycles. The molecule has 1 heterocycles. The lowest BCUT2D eigenvalue weighted by Crippen LogP contribution is -2.45. The molecule has 1 fully saturated rings. The van der Waals surface area contributed by atoms with Crippen molar-refractivity contribution in [1.82, 2.24) is 4.31 Å². The third kappa shape index (κ3) is 3.03. The minimum absolute atomic E-state index is 0.148. The fourth-order valence-corrected chi connectivity index (χ4v) is 4.21. The molecule has 2 N–H and O–H groups in total. The lowest BCUT2D eigenvalue weighted by atomic mass is 10.1. The van der Waals surface area contributed by atoms with Crippen LogP contribution in [-0.4, -0.2) is 42.1 Å². The third-order valence-electron chi connectivity index (χ3n) is 3.75. The van der Waals surface area contributed by atoms with Crippen molar-refractivity contribution in [3.8, 4) is 0 Å². The van der Waals surface area contributed by atoms with Gasteiger partial charge in [0.25, 0.3) is 0 Å². The molecule has 20 heavy (non-hydrogen) atoms. The van der Waals surface area contributed by atoms with Crippen molar-refractivity contribution < 1.29 is 18.6 Å². The summed E-state index contributed by atoms with van der Waals surface area (Å²) in [5.41, 5.74) is 0.682. The van der Waals surface area contributed by atoms with E-state index >= 15 is 0 Å². The highest BCUT2D eigenvalue weighted by atomic mass is 32.2. The lowest BCUT2D eigenvalue weighted by molar-refractivity contribution is 0.155. The summed E-state index contributed by atoms with van der Waals surface area (Å²) in [6.07, 6.45) is 1.84. The Morgan fingerprint density at radius 2 is 1.95 bits per heavy atom. The molecule has 0 radical (unpaired) electrons. The number of aliphatic hydroxyl groups excluding tert-OH is 2. The highest BCUT2D eigenvalue weighted by Crippen LogP contribution is 2.26. The summed E-state index contributed by atoms with van der Waals surface area (Å²) < 4.78 is 26.6. The molecule has 0 aliphatic carbocycles. The van der Waals surface area contributed by atoms with Gasteiger partial charge < -0.3 is 10.2 Å². The van der Waals surface area contributed by atoms with Crippen LogP contribution in [-0.2, 0) is 10.0 Å². The van der Waals surface area contributed by atoms with Gasteiger partial charge in [0, 0.05) is 12.6 Å². The summed E-state index contributed by atoms with van der Waals surface area (Å²) in [5, 5.41) is 18.8. The molecule has 1 saturated heterocycles. The van der Waals surface area contributed by atoms with Gasteiger partial charge in [-0.25, -0.2) is 8.42 Å². The average molecular weight is 299 g/mol. The number of rotatable bonds is 4. The third-order valence-corrected chi connectivity index (χ3v) is 5.72. The summed E-state index contributed by atoms with van der Waals surface area (Å²) in [7, 11) is -3.57. The predicted octanol–water partition coefficient (Wildman–Crippen LogP) is 1.28. The standard InChI is InChI=1S/C14H21NO4S/c1-11(17)12-5-7-14(8-6-12)20(18,19)15-9-3-2-4-13(15)10-16/h5-8,11,13,16-17H,2-4,9-10H2,1H3. The van der Waals surface area contributed by atoms with E-state index in [0.717, 1.165) is 12.8 Å². The number of benzene rings is 1. The van der Waals surface area contributed by atoms with Crippen LogP contribution in [0.2, 0.25) is 0 Å². The molecule has 2 rings (SSSR count). The van der Waals surface area contributed by atoms with Crippen LogP contribution in [0.25, 0.3) is 0 Å². The minimum atomic E-state index is -3.57. The van der Waals surface area contributed by atoms with Crippen LogP contribution >= 0.6 is 0 Å². The maximum absolute atomic E-state index is 12.6. The Bertz CT molecular complexity index is 539. The highest BCUT2D eigenvalue weighted by Gasteiger charge is 2.32. The van der Waals surface area contributed by atoms with Crippen molar-refractivity contribution in [3.05, 3.63) is 29.8 Å². The maximum Gasteiger partial charge on any atom is 0.243 e. The normalized spacial score (nSPS) is 22.6. The first kappa shape index (κ1) is 15.4. The van der Waals surface area contributed by atoms with Crippen LogP contribution in [0.5, 0.6) is 0 Å². The Hall–Kier alpha value is -0.950. The number of aliphatic hydroxyl groups is 2. The smallest absolute Gasteiger partial charge is 0.243 e. The summed E-state index contributed by atoms with van der Waals surface area (Å²) in [5.74, 6) is 0. The largest absolute Gasteiger partial charge is 0.395 e. The maximum atomic E-state index is 12.6. The molecule has 0 bridgehead atoms. The van der Waals surface area contributed by atoms with Crippen molar-refractivity contribution >= 4 is 10.0 Å². The summed E-state index contributed by atoms with van der Waals surface area (Å²) in [6.45, 7) is 1.94. The van der Waals surface area contributed by atoms with Gasteiger partial charge in [-0.2, -0.15) is 4.31 Å². The van der Waals surface area contributed by atoms with Gasteiger partial charge in [0.1, 0.15) is 0 Å². The molecule has 5 nitrogen and oxygen atoms in total. The van der Waals surface area contributed by atoms with Crippen LogP contribution in [0, 0.1) is 0 Å². The van der Waals surface area contributed by atoms with Crippen LogP contribution in [0.4, 0.5) is 0 Å². The van der Waals surface area contributed by atoms with E-state index in [-0.39, 0.29) is 17.5 Å². The van der Waals surface area contributed by atoms with E-state index in [2.05, 4.69) is 0 Å². The minimum Gasteiger partial charge on any atom is -0.395 e. The van der Waals surface area contributed by atoms with Gasteiger partial charge in [-0.3, -0.25) is 0 Å². The first-order valence-electron chi connectivity index (χ1n) is 6.87. The van der Waals surface area contributed by atoms with E-state index in [9.17, 15) is 18.6 Å². The molecule has 2 atom stereocenters. The molecule has 1 aliphatic heterocycles. The SMILES string of the molecule is CC(O)c1ccc(S(=O)(=O)N2CCCCC2CO)cc1. The van der Waals surface area contributed by atoms with Crippen LogP contribution in [0.1, 0.15) is 37.9 Å². The summed E-state index contributed by atoms with van der Waals surface area (Å²) >= 11 is 0. The van der Waals surface area contributed by atoms with E-state index in [0.29, 0.717) is 18.5 Å². The number of hydrogen-bond acceptors (Lipinski definition) is 4. The second-order valence-electron chi connectivity index (χ2n) is 5.19. The molecule has 1 aliphatic rings. The van der Waals surface area contributed by atoms with E-state index in [1.807, 2.05) is 0 Å². The Balaban J connectivity index is 2.29. The van der Waals surface area contributed by atoms with Crippen LogP contribution < -0.4 is 0 Å². The van der Waals surface area contributed by atoms with Crippen molar-refractivity contribution in [3.63, 3.8) is 0 Å². The van der Waals surface area contributed by atoms with Gasteiger partial charge in [0.05, 0.1) is 17.6 Å². The molecule has 1 aromatic rings. The molecule has 0 spiro atoms. The van der Waals surface area contributed by atoms with Gasteiger partial charge in [-0.15, -0.1) is 0 Å². The zero-order valence-corrected chi connectivity index (χ0v) is 12.4. The fourth-order valence-electron chi connectivity index (χ4n) is 2.53. The Morgan fingerprint density at radius 1 is 1.30 bits per heavy atom. The van der Waals surface area contributed by atoms with Gasteiger partial charge in [0.15, 0.2) is 0 Å². The fraction of sp³-hybridized carbons (Fsp3) is 0.571.